The van der Waals surface area contributed by atoms with Crippen LogP contribution in [0.5, 0.6) is 0 Å². The smallest absolute Gasteiger partial charge is 0.225 e. The molecule has 0 spiro atoms. The maximum absolute atomic E-state index is 12.1. The SMILES string of the molecule is CCCCCN(C(=O)CC(CN)OC)C(C)C.Cl. The Morgan fingerprint density at radius 1 is 1.33 bits per heavy atom. The summed E-state index contributed by atoms with van der Waals surface area (Å²) >= 11 is 0. The van der Waals surface area contributed by atoms with Gasteiger partial charge in [-0.2, -0.15) is 0 Å². The second kappa shape index (κ2) is 11.8. The molecule has 0 saturated heterocycles. The van der Waals surface area contributed by atoms with Gasteiger partial charge in [-0.1, -0.05) is 19.8 Å². The Morgan fingerprint density at radius 2 is 1.94 bits per heavy atom. The fourth-order valence-corrected chi connectivity index (χ4v) is 1.78. The van der Waals surface area contributed by atoms with Gasteiger partial charge in [-0.3, -0.25) is 4.79 Å². The van der Waals surface area contributed by atoms with E-state index in [1.165, 1.54) is 12.8 Å². The molecule has 0 bridgehead atoms. The van der Waals surface area contributed by atoms with Crippen LogP contribution in [-0.4, -0.2) is 43.2 Å². The third-order valence-electron chi connectivity index (χ3n) is 2.94. The van der Waals surface area contributed by atoms with Gasteiger partial charge in [0.25, 0.3) is 0 Å². The lowest BCUT2D eigenvalue weighted by atomic mass is 10.1. The molecule has 1 unspecified atom stereocenters. The number of nitrogens with zero attached hydrogens (tertiary/aromatic N) is 1. The molecule has 0 aliphatic carbocycles. The van der Waals surface area contributed by atoms with Gasteiger partial charge in [0, 0.05) is 26.2 Å². The fraction of sp³-hybridized carbons (Fsp3) is 0.923. The van der Waals surface area contributed by atoms with Gasteiger partial charge in [0.15, 0.2) is 0 Å². The van der Waals surface area contributed by atoms with Crippen molar-refractivity contribution in [2.75, 3.05) is 20.2 Å². The van der Waals surface area contributed by atoms with Gasteiger partial charge in [-0.15, -0.1) is 12.4 Å². The van der Waals surface area contributed by atoms with Crippen molar-refractivity contribution in [1.82, 2.24) is 4.90 Å². The monoisotopic (exact) mass is 280 g/mol. The van der Waals surface area contributed by atoms with Crippen molar-refractivity contribution >= 4 is 18.3 Å². The molecule has 0 aromatic heterocycles. The number of amides is 1. The molecule has 0 saturated carbocycles. The molecule has 18 heavy (non-hydrogen) atoms. The third-order valence-corrected chi connectivity index (χ3v) is 2.94. The van der Waals surface area contributed by atoms with Crippen LogP contribution in [0, 0.1) is 0 Å². The first-order chi connectivity index (χ1) is 8.06. The molecule has 0 aromatic carbocycles. The molecule has 0 rings (SSSR count). The summed E-state index contributed by atoms with van der Waals surface area (Å²) in [7, 11) is 1.60. The van der Waals surface area contributed by atoms with Gasteiger partial charge >= 0.3 is 0 Å². The Hall–Kier alpha value is -0.320. The van der Waals surface area contributed by atoms with Gasteiger partial charge in [-0.05, 0) is 20.3 Å². The summed E-state index contributed by atoms with van der Waals surface area (Å²) < 4.78 is 5.15. The summed E-state index contributed by atoms with van der Waals surface area (Å²) in [6.45, 7) is 7.49. The minimum absolute atomic E-state index is 0. The van der Waals surface area contributed by atoms with Crippen LogP contribution in [0.3, 0.4) is 0 Å². The van der Waals surface area contributed by atoms with Crippen molar-refractivity contribution in [3.05, 3.63) is 0 Å². The second-order valence-electron chi connectivity index (χ2n) is 4.69. The van der Waals surface area contributed by atoms with E-state index in [2.05, 4.69) is 6.92 Å². The lowest BCUT2D eigenvalue weighted by Crippen LogP contribution is -2.40. The number of hydrogen-bond acceptors (Lipinski definition) is 3. The Morgan fingerprint density at radius 3 is 2.33 bits per heavy atom. The molecule has 0 radical (unpaired) electrons. The predicted octanol–water partition coefficient (Wildman–Crippen LogP) is 2.20. The summed E-state index contributed by atoms with van der Waals surface area (Å²) in [5.74, 6) is 0.147. The standard InChI is InChI=1S/C13H28N2O2.ClH/c1-5-6-7-8-15(11(2)3)13(16)9-12(10-14)17-4;/h11-12H,5-10,14H2,1-4H3;1H. The van der Waals surface area contributed by atoms with Crippen LogP contribution in [0.4, 0.5) is 0 Å². The van der Waals surface area contributed by atoms with Crippen molar-refractivity contribution < 1.29 is 9.53 Å². The highest BCUT2D eigenvalue weighted by molar-refractivity contribution is 5.85. The number of hydrogen-bond donors (Lipinski definition) is 1. The van der Waals surface area contributed by atoms with Crippen LogP contribution in [0.1, 0.15) is 46.5 Å². The summed E-state index contributed by atoms with van der Waals surface area (Å²) in [6, 6.07) is 0.245. The molecule has 1 atom stereocenters. The summed E-state index contributed by atoms with van der Waals surface area (Å²) in [4.78, 5) is 14.0. The third kappa shape index (κ3) is 7.90. The number of ether oxygens (including phenoxy) is 1. The van der Waals surface area contributed by atoms with Crippen molar-refractivity contribution in [1.29, 1.82) is 0 Å². The number of rotatable bonds is 9. The number of methoxy groups -OCH3 is 1. The summed E-state index contributed by atoms with van der Waals surface area (Å²) in [5, 5.41) is 0. The maximum atomic E-state index is 12.1. The highest BCUT2D eigenvalue weighted by atomic mass is 35.5. The molecular weight excluding hydrogens is 252 g/mol. The number of nitrogens with two attached hydrogens (primary N) is 1. The zero-order valence-electron chi connectivity index (χ0n) is 12.1. The first-order valence-electron chi connectivity index (χ1n) is 6.59. The van der Waals surface area contributed by atoms with E-state index in [0.29, 0.717) is 13.0 Å². The van der Waals surface area contributed by atoms with Gasteiger partial charge in [0.2, 0.25) is 5.91 Å². The molecule has 110 valence electrons. The van der Waals surface area contributed by atoms with Gasteiger partial charge in [0.05, 0.1) is 12.5 Å². The topological polar surface area (TPSA) is 55.6 Å². The van der Waals surface area contributed by atoms with Crippen LogP contribution < -0.4 is 5.73 Å². The molecule has 0 aromatic rings. The van der Waals surface area contributed by atoms with Gasteiger partial charge in [-0.25, -0.2) is 0 Å². The molecule has 4 nitrogen and oxygen atoms in total. The van der Waals surface area contributed by atoms with Crippen molar-refractivity contribution in [3.63, 3.8) is 0 Å². The first-order valence-corrected chi connectivity index (χ1v) is 6.59. The minimum Gasteiger partial charge on any atom is -0.380 e. The molecule has 1 amide bonds. The Bertz CT molecular complexity index is 209. The molecule has 0 fully saturated rings. The maximum Gasteiger partial charge on any atom is 0.225 e. The van der Waals surface area contributed by atoms with Gasteiger partial charge < -0.3 is 15.4 Å². The average molecular weight is 281 g/mol. The fourth-order valence-electron chi connectivity index (χ4n) is 1.78. The minimum atomic E-state index is -0.157. The van der Waals surface area contributed by atoms with E-state index in [1.54, 1.807) is 7.11 Å². The van der Waals surface area contributed by atoms with Crippen molar-refractivity contribution in [2.24, 2.45) is 5.73 Å². The van der Waals surface area contributed by atoms with Crippen LogP contribution in [0.25, 0.3) is 0 Å². The van der Waals surface area contributed by atoms with Crippen molar-refractivity contribution in [3.8, 4) is 0 Å². The second-order valence-corrected chi connectivity index (χ2v) is 4.69. The number of unbranched alkanes of at least 4 members (excludes halogenated alkanes) is 2. The van der Waals surface area contributed by atoms with E-state index < -0.39 is 0 Å². The van der Waals surface area contributed by atoms with Crippen molar-refractivity contribution in [2.45, 2.75) is 58.6 Å². The number of halogens is 1. The van der Waals surface area contributed by atoms with Crippen LogP contribution in [0.2, 0.25) is 0 Å². The predicted molar refractivity (Wildman–Crippen MR) is 78.1 cm³/mol. The molecular formula is C13H29ClN2O2. The zero-order valence-corrected chi connectivity index (χ0v) is 13.0. The molecule has 2 N–H and O–H groups in total. The molecule has 0 aliphatic rings. The molecule has 0 heterocycles. The van der Waals surface area contributed by atoms with E-state index in [0.717, 1.165) is 13.0 Å². The Labute approximate surface area is 118 Å². The highest BCUT2D eigenvalue weighted by Gasteiger charge is 2.19. The molecule has 0 aliphatic heterocycles. The molecule has 5 heteroatoms. The van der Waals surface area contributed by atoms with Crippen LogP contribution >= 0.6 is 12.4 Å². The van der Waals surface area contributed by atoms with E-state index in [9.17, 15) is 4.79 Å². The Kier molecular flexibility index (Phi) is 13.1. The lowest BCUT2D eigenvalue weighted by molar-refractivity contribution is -0.135. The zero-order chi connectivity index (χ0) is 13.3. The number of carbonyl (C=O) groups excluding carboxylic acids is 1. The van der Waals surface area contributed by atoms with Crippen LogP contribution in [-0.2, 0) is 9.53 Å². The van der Waals surface area contributed by atoms with Gasteiger partial charge in [0.1, 0.15) is 0 Å². The first kappa shape index (κ1) is 20.0. The lowest BCUT2D eigenvalue weighted by Gasteiger charge is -2.28. The quantitative estimate of drug-likeness (QED) is 0.659. The number of carbonyl (C=O) groups is 1. The Balaban J connectivity index is 0. The van der Waals surface area contributed by atoms with E-state index in [1.807, 2.05) is 18.7 Å². The summed E-state index contributed by atoms with van der Waals surface area (Å²) in [6.07, 6.45) is 3.64. The highest BCUT2D eigenvalue weighted by Crippen LogP contribution is 2.08. The van der Waals surface area contributed by atoms with E-state index in [4.69, 9.17) is 10.5 Å². The normalized spacial score (nSPS) is 12.1. The summed E-state index contributed by atoms with van der Waals surface area (Å²) in [5.41, 5.74) is 5.53. The van der Waals surface area contributed by atoms with E-state index in [-0.39, 0.29) is 30.5 Å². The average Bonchev–Trinajstić information content (AvgIpc) is 2.30. The largest absolute Gasteiger partial charge is 0.380 e. The van der Waals surface area contributed by atoms with E-state index >= 15 is 0 Å². The van der Waals surface area contributed by atoms with Crippen LogP contribution in [0.15, 0.2) is 0 Å².